The van der Waals surface area contributed by atoms with Gasteiger partial charge in [0.25, 0.3) is 0 Å². The van der Waals surface area contributed by atoms with Gasteiger partial charge in [-0.05, 0) is 30.5 Å². The van der Waals surface area contributed by atoms with Crippen molar-refractivity contribution in [1.82, 2.24) is 0 Å². The normalized spacial score (nSPS) is 16.0. The van der Waals surface area contributed by atoms with Gasteiger partial charge in [0.1, 0.15) is 17.3 Å². The van der Waals surface area contributed by atoms with Crippen LogP contribution in [0.2, 0.25) is 0 Å². The van der Waals surface area contributed by atoms with Crippen LogP contribution in [0.25, 0.3) is 0 Å². The Labute approximate surface area is 143 Å². The van der Waals surface area contributed by atoms with Crippen molar-refractivity contribution in [2.24, 2.45) is 0 Å². The topological polar surface area (TPSA) is 69.4 Å². The largest absolute Gasteiger partial charge is 0.487 e. The molecule has 0 aliphatic heterocycles. The van der Waals surface area contributed by atoms with E-state index in [2.05, 4.69) is 0 Å². The summed E-state index contributed by atoms with van der Waals surface area (Å²) in [4.78, 5) is 0.263. The second-order valence-electron chi connectivity index (χ2n) is 6.29. The van der Waals surface area contributed by atoms with Gasteiger partial charge >= 0.3 is 0 Å². The van der Waals surface area contributed by atoms with Gasteiger partial charge in [-0.1, -0.05) is 49.6 Å². The summed E-state index contributed by atoms with van der Waals surface area (Å²) in [5, 5.41) is -0.311. The molecule has 1 aliphatic rings. The molecule has 1 aliphatic carbocycles. The third-order valence-corrected chi connectivity index (χ3v) is 6.80. The van der Waals surface area contributed by atoms with E-state index in [4.69, 9.17) is 10.5 Å². The Kier molecular flexibility index (Phi) is 5.09. The molecular formula is C19H23NO3S. The molecule has 2 aromatic rings. The van der Waals surface area contributed by atoms with E-state index in [9.17, 15) is 8.42 Å². The van der Waals surface area contributed by atoms with Crippen molar-refractivity contribution in [3.8, 4) is 5.75 Å². The van der Waals surface area contributed by atoms with Crippen LogP contribution < -0.4 is 10.5 Å². The minimum Gasteiger partial charge on any atom is -0.487 e. The first-order chi connectivity index (χ1) is 11.6. The zero-order chi connectivity index (χ0) is 17.0. The van der Waals surface area contributed by atoms with Gasteiger partial charge in [0.2, 0.25) is 0 Å². The number of nitrogen functional groups attached to an aromatic ring is 1. The smallest absolute Gasteiger partial charge is 0.184 e. The maximum atomic E-state index is 13.0. The van der Waals surface area contributed by atoms with Gasteiger partial charge in [0, 0.05) is 11.8 Å². The van der Waals surface area contributed by atoms with Gasteiger partial charge in [0.15, 0.2) is 9.84 Å². The van der Waals surface area contributed by atoms with Crippen LogP contribution in [0, 0.1) is 0 Å². The van der Waals surface area contributed by atoms with Crippen molar-refractivity contribution in [2.45, 2.75) is 48.9 Å². The van der Waals surface area contributed by atoms with Crippen molar-refractivity contribution in [3.63, 3.8) is 0 Å². The van der Waals surface area contributed by atoms with E-state index < -0.39 is 9.84 Å². The zero-order valence-electron chi connectivity index (χ0n) is 13.6. The number of anilines is 1. The van der Waals surface area contributed by atoms with Crippen molar-refractivity contribution < 1.29 is 13.2 Å². The van der Waals surface area contributed by atoms with E-state index in [0.717, 1.165) is 37.7 Å². The molecule has 128 valence electrons. The van der Waals surface area contributed by atoms with Gasteiger partial charge < -0.3 is 10.5 Å². The minimum atomic E-state index is -3.39. The number of rotatable bonds is 5. The van der Waals surface area contributed by atoms with Gasteiger partial charge in [-0.15, -0.1) is 0 Å². The molecule has 24 heavy (non-hydrogen) atoms. The van der Waals surface area contributed by atoms with E-state index in [-0.39, 0.29) is 10.1 Å². The van der Waals surface area contributed by atoms with Crippen molar-refractivity contribution in [3.05, 3.63) is 54.1 Å². The molecule has 2 N–H and O–H groups in total. The molecule has 0 heterocycles. The molecule has 0 aromatic heterocycles. The van der Waals surface area contributed by atoms with Crippen LogP contribution in [0.1, 0.15) is 37.7 Å². The van der Waals surface area contributed by atoms with E-state index >= 15 is 0 Å². The second-order valence-corrected chi connectivity index (χ2v) is 8.48. The lowest BCUT2D eigenvalue weighted by molar-refractivity contribution is 0.298. The molecule has 0 spiro atoms. The molecule has 0 saturated heterocycles. The highest BCUT2D eigenvalue weighted by Gasteiger charge is 2.31. The summed E-state index contributed by atoms with van der Waals surface area (Å²) in [6, 6.07) is 14.5. The highest BCUT2D eigenvalue weighted by molar-refractivity contribution is 7.92. The highest BCUT2D eigenvalue weighted by atomic mass is 32.2. The predicted molar refractivity (Wildman–Crippen MR) is 95.7 cm³/mol. The molecule has 0 bridgehead atoms. The van der Waals surface area contributed by atoms with Crippen molar-refractivity contribution >= 4 is 15.5 Å². The fraction of sp³-hybridized carbons (Fsp3) is 0.368. The molecule has 4 nitrogen and oxygen atoms in total. The first-order valence-corrected chi connectivity index (χ1v) is 9.92. The molecule has 0 amide bonds. The van der Waals surface area contributed by atoms with Gasteiger partial charge in [-0.2, -0.15) is 0 Å². The standard InChI is InChI=1S/C19H23NO3S/c20-16-11-12-19(24(21,22)17-9-5-2-6-10-17)18(13-16)23-14-15-7-3-1-4-8-15/h1,3-4,7-8,11-13,17H,2,5-6,9-10,14,20H2. The van der Waals surface area contributed by atoms with Gasteiger partial charge in [-0.25, -0.2) is 8.42 Å². The molecule has 0 unspecified atom stereocenters. The molecule has 0 radical (unpaired) electrons. The fourth-order valence-corrected chi connectivity index (χ4v) is 5.13. The van der Waals surface area contributed by atoms with Crippen LogP contribution in [-0.2, 0) is 16.4 Å². The Bertz CT molecular complexity index is 782. The molecule has 3 rings (SSSR count). The fourth-order valence-electron chi connectivity index (χ4n) is 3.16. The lowest BCUT2D eigenvalue weighted by Gasteiger charge is -2.23. The molecular weight excluding hydrogens is 322 g/mol. The van der Waals surface area contributed by atoms with Crippen LogP contribution in [0.5, 0.6) is 5.75 Å². The Morgan fingerprint density at radius 3 is 2.42 bits per heavy atom. The van der Waals surface area contributed by atoms with E-state index in [1.54, 1.807) is 18.2 Å². The first-order valence-electron chi connectivity index (χ1n) is 8.37. The third kappa shape index (κ3) is 3.73. The maximum Gasteiger partial charge on any atom is 0.184 e. The summed E-state index contributed by atoms with van der Waals surface area (Å²) in [7, 11) is -3.39. The molecule has 5 heteroatoms. The lowest BCUT2D eigenvalue weighted by atomic mass is 10.0. The minimum absolute atomic E-state index is 0.263. The summed E-state index contributed by atoms with van der Waals surface area (Å²) >= 11 is 0. The number of hydrogen-bond donors (Lipinski definition) is 1. The first kappa shape index (κ1) is 16.8. The Morgan fingerprint density at radius 2 is 1.71 bits per heavy atom. The summed E-state index contributed by atoms with van der Waals surface area (Å²) in [5.74, 6) is 0.351. The number of nitrogens with two attached hydrogens (primary N) is 1. The summed E-state index contributed by atoms with van der Waals surface area (Å²) in [6.07, 6.45) is 4.51. The number of ether oxygens (including phenoxy) is 1. The summed E-state index contributed by atoms with van der Waals surface area (Å²) in [6.45, 7) is 0.317. The SMILES string of the molecule is Nc1ccc(S(=O)(=O)C2CCCCC2)c(OCc2ccccc2)c1. The van der Waals surface area contributed by atoms with Gasteiger partial charge in [-0.3, -0.25) is 0 Å². The van der Waals surface area contributed by atoms with Crippen molar-refractivity contribution in [1.29, 1.82) is 0 Å². The average molecular weight is 345 g/mol. The average Bonchev–Trinajstić information content (AvgIpc) is 2.61. The lowest BCUT2D eigenvalue weighted by Crippen LogP contribution is -2.24. The molecule has 0 atom stereocenters. The monoisotopic (exact) mass is 345 g/mol. The molecule has 1 fully saturated rings. The second kappa shape index (κ2) is 7.26. The summed E-state index contributed by atoms with van der Waals surface area (Å²) < 4.78 is 31.8. The zero-order valence-corrected chi connectivity index (χ0v) is 14.5. The predicted octanol–water partition coefficient (Wildman–Crippen LogP) is 3.95. The van der Waals surface area contributed by atoms with Crippen LogP contribution in [0.15, 0.2) is 53.4 Å². The van der Waals surface area contributed by atoms with Crippen LogP contribution in [-0.4, -0.2) is 13.7 Å². The van der Waals surface area contributed by atoms with E-state index in [1.807, 2.05) is 30.3 Å². The molecule has 2 aromatic carbocycles. The number of benzene rings is 2. The van der Waals surface area contributed by atoms with Crippen LogP contribution >= 0.6 is 0 Å². The molecule has 1 saturated carbocycles. The van der Waals surface area contributed by atoms with Gasteiger partial charge in [0.05, 0.1) is 5.25 Å². The highest BCUT2D eigenvalue weighted by Crippen LogP contribution is 2.34. The van der Waals surface area contributed by atoms with Crippen molar-refractivity contribution in [2.75, 3.05) is 5.73 Å². The van der Waals surface area contributed by atoms with Crippen LogP contribution in [0.3, 0.4) is 0 Å². The third-order valence-electron chi connectivity index (χ3n) is 4.50. The Hall–Kier alpha value is -2.01. The Morgan fingerprint density at radius 1 is 1.00 bits per heavy atom. The number of sulfone groups is 1. The number of hydrogen-bond acceptors (Lipinski definition) is 4. The Balaban J connectivity index is 1.87. The van der Waals surface area contributed by atoms with E-state index in [1.165, 1.54) is 0 Å². The quantitative estimate of drug-likeness (QED) is 0.833. The van der Waals surface area contributed by atoms with E-state index in [0.29, 0.717) is 18.0 Å². The maximum absolute atomic E-state index is 13.0. The summed E-state index contributed by atoms with van der Waals surface area (Å²) in [5.41, 5.74) is 7.33. The van der Waals surface area contributed by atoms with Crippen LogP contribution in [0.4, 0.5) is 5.69 Å².